The van der Waals surface area contributed by atoms with E-state index in [4.69, 9.17) is 6.85 Å². The Morgan fingerprint density at radius 1 is 1.25 bits per heavy atom. The van der Waals surface area contributed by atoms with Gasteiger partial charge in [-0.1, -0.05) is 32.0 Å². The molecule has 16 heavy (non-hydrogen) atoms. The number of alkyl halides is 3. The van der Waals surface area contributed by atoms with Crippen LogP contribution in [0.1, 0.15) is 37.4 Å². The molecule has 0 spiro atoms. The van der Waals surface area contributed by atoms with E-state index >= 15 is 0 Å². The summed E-state index contributed by atoms with van der Waals surface area (Å²) >= 11 is 0. The molecular formula is C13H17F3. The summed E-state index contributed by atoms with van der Waals surface area (Å²) in [7, 11) is 0. The first-order valence-corrected chi connectivity index (χ1v) is 4.80. The van der Waals surface area contributed by atoms with Crippen LogP contribution in [-0.2, 0) is 6.37 Å². The summed E-state index contributed by atoms with van der Waals surface area (Å²) in [5.74, 6) is 0. The maximum absolute atomic E-state index is 13.1. The lowest BCUT2D eigenvalue weighted by Gasteiger charge is -2.27. The molecule has 0 heterocycles. The molecule has 1 aromatic carbocycles. The van der Waals surface area contributed by atoms with E-state index in [9.17, 15) is 13.2 Å². The van der Waals surface area contributed by atoms with Crippen molar-refractivity contribution in [3.63, 3.8) is 0 Å². The van der Waals surface area contributed by atoms with Gasteiger partial charge in [-0.05, 0) is 36.8 Å². The second-order valence-corrected chi connectivity index (χ2v) is 4.28. The first kappa shape index (κ1) is 7.36. The van der Waals surface area contributed by atoms with Crippen molar-refractivity contribution in [1.29, 1.82) is 0 Å². The molecule has 0 aliphatic rings. The predicted octanol–water partition coefficient (Wildman–Crippen LogP) is 4.43. The summed E-state index contributed by atoms with van der Waals surface area (Å²) in [6.45, 7) is 0.554. The Morgan fingerprint density at radius 3 is 2.38 bits per heavy atom. The summed E-state index contributed by atoms with van der Waals surface area (Å²) in [6.07, 6.45) is -7.51. The van der Waals surface area contributed by atoms with Crippen LogP contribution in [0.15, 0.2) is 18.2 Å². The molecular weight excluding hydrogens is 213 g/mol. The zero-order valence-corrected chi connectivity index (χ0v) is 9.37. The number of hydrogen-bond donors (Lipinski definition) is 0. The van der Waals surface area contributed by atoms with Crippen LogP contribution in [0.25, 0.3) is 0 Å². The third kappa shape index (κ3) is 2.77. The van der Waals surface area contributed by atoms with Crippen LogP contribution in [0, 0.1) is 19.2 Å². The Balaban J connectivity index is 3.47. The van der Waals surface area contributed by atoms with Crippen molar-refractivity contribution in [2.75, 3.05) is 0 Å². The maximum atomic E-state index is 13.1. The lowest BCUT2D eigenvalue weighted by atomic mass is 9.84. The van der Waals surface area contributed by atoms with Crippen LogP contribution in [0.5, 0.6) is 0 Å². The normalized spacial score (nSPS) is 19.2. The second kappa shape index (κ2) is 4.11. The van der Waals surface area contributed by atoms with Crippen molar-refractivity contribution >= 4 is 0 Å². The van der Waals surface area contributed by atoms with Crippen molar-refractivity contribution in [1.82, 2.24) is 0 Å². The summed E-state index contributed by atoms with van der Waals surface area (Å²) in [6, 6.07) is 3.55. The average Bonchev–Trinajstić information content (AvgIpc) is 2.25. The molecule has 0 aliphatic heterocycles. The van der Waals surface area contributed by atoms with Gasteiger partial charge in [0.05, 0.1) is 5.41 Å². The highest BCUT2D eigenvalue weighted by molar-refractivity contribution is 5.30. The third-order valence-corrected chi connectivity index (χ3v) is 2.40. The van der Waals surface area contributed by atoms with Crippen LogP contribution in [0.4, 0.5) is 13.2 Å². The lowest BCUT2D eigenvalue weighted by molar-refractivity contribution is -0.211. The summed E-state index contributed by atoms with van der Waals surface area (Å²) < 4.78 is 77.1. The molecule has 0 nitrogen and oxygen atoms in total. The van der Waals surface area contributed by atoms with Gasteiger partial charge in [0, 0.05) is 6.85 Å². The van der Waals surface area contributed by atoms with Gasteiger partial charge in [-0.15, -0.1) is 0 Å². The average molecular weight is 235 g/mol. The molecule has 0 fully saturated rings. The minimum Gasteiger partial charge on any atom is -0.171 e. The fraction of sp³-hybridized carbons (Fsp3) is 0.538. The molecule has 0 unspecified atom stereocenters. The van der Waals surface area contributed by atoms with Crippen LogP contribution in [0.3, 0.4) is 0 Å². The van der Waals surface area contributed by atoms with E-state index in [1.807, 2.05) is 0 Å². The topological polar surface area (TPSA) is 0 Å². The Morgan fingerprint density at radius 2 is 1.88 bits per heavy atom. The van der Waals surface area contributed by atoms with E-state index in [0.29, 0.717) is 5.56 Å². The molecule has 0 aliphatic carbocycles. The van der Waals surface area contributed by atoms with Crippen LogP contribution in [-0.4, -0.2) is 6.18 Å². The number of benzene rings is 1. The summed E-state index contributed by atoms with van der Waals surface area (Å²) in [5, 5.41) is 0. The number of hydrogen-bond acceptors (Lipinski definition) is 0. The van der Waals surface area contributed by atoms with Crippen LogP contribution >= 0.6 is 0 Å². The number of rotatable bonds is 2. The van der Waals surface area contributed by atoms with Gasteiger partial charge in [0.2, 0.25) is 0 Å². The van der Waals surface area contributed by atoms with Gasteiger partial charge >= 0.3 is 6.18 Å². The van der Waals surface area contributed by atoms with Gasteiger partial charge in [-0.3, -0.25) is 0 Å². The van der Waals surface area contributed by atoms with Crippen LogP contribution < -0.4 is 0 Å². The molecule has 0 bridgehead atoms. The molecule has 0 amide bonds. The summed E-state index contributed by atoms with van der Waals surface area (Å²) in [4.78, 5) is 0. The molecule has 3 heteroatoms. The monoisotopic (exact) mass is 235 g/mol. The molecule has 0 saturated carbocycles. The number of aryl methyl sites for hydroxylation is 2. The van der Waals surface area contributed by atoms with E-state index in [1.165, 1.54) is 19.1 Å². The Hall–Kier alpha value is -0.990. The highest BCUT2D eigenvalue weighted by Gasteiger charge is 2.46. The van der Waals surface area contributed by atoms with Gasteiger partial charge in [0.25, 0.3) is 0 Å². The fourth-order valence-electron chi connectivity index (χ4n) is 1.13. The predicted molar refractivity (Wildman–Crippen MR) is 59.5 cm³/mol. The van der Waals surface area contributed by atoms with Crippen molar-refractivity contribution in [3.8, 4) is 0 Å². The highest BCUT2D eigenvalue weighted by Crippen LogP contribution is 2.40. The van der Waals surface area contributed by atoms with E-state index in [0.717, 1.165) is 19.9 Å². The minimum absolute atomic E-state index is 0.137. The van der Waals surface area contributed by atoms with E-state index in [1.54, 1.807) is 0 Å². The zero-order valence-electron chi connectivity index (χ0n) is 14.4. The molecule has 90 valence electrons. The molecule has 0 radical (unpaired) electrons. The molecule has 0 saturated heterocycles. The van der Waals surface area contributed by atoms with Crippen molar-refractivity contribution in [3.05, 3.63) is 34.9 Å². The zero-order chi connectivity index (χ0) is 16.9. The molecule has 1 rings (SSSR count). The van der Waals surface area contributed by atoms with Gasteiger partial charge in [0.1, 0.15) is 0 Å². The van der Waals surface area contributed by atoms with Gasteiger partial charge in [-0.2, -0.15) is 13.2 Å². The Bertz CT molecular complexity index is 530. The molecule has 0 atom stereocenters. The first-order chi connectivity index (χ1) is 9.12. The van der Waals surface area contributed by atoms with Crippen molar-refractivity contribution in [2.24, 2.45) is 5.41 Å². The second-order valence-electron chi connectivity index (χ2n) is 4.28. The maximum Gasteiger partial charge on any atom is 0.394 e. The van der Waals surface area contributed by atoms with Crippen molar-refractivity contribution < 1.29 is 20.0 Å². The standard InChI is InChI=1S/C13H17F3/c1-9-5-6-11(7-10(9)2)8-12(3,4)13(14,15)16/h5-7H,8H2,1-4H3/i2D3,8D2. The third-order valence-electron chi connectivity index (χ3n) is 2.40. The SMILES string of the molecule is [2H]C([2H])([2H])c1cc(C([2H])([2H])C(C)(C)C(F)(F)F)ccc1C. The van der Waals surface area contributed by atoms with E-state index in [-0.39, 0.29) is 11.1 Å². The largest absolute Gasteiger partial charge is 0.394 e. The Labute approximate surface area is 102 Å². The minimum atomic E-state index is -4.76. The van der Waals surface area contributed by atoms with Gasteiger partial charge in [0.15, 0.2) is 0 Å². The smallest absolute Gasteiger partial charge is 0.171 e. The quantitative estimate of drug-likeness (QED) is 0.711. The highest BCUT2D eigenvalue weighted by atomic mass is 19.4. The Kier molecular flexibility index (Phi) is 1.89. The summed E-state index contributed by atoms with van der Waals surface area (Å²) in [5.41, 5.74) is -2.69. The number of halogens is 3. The van der Waals surface area contributed by atoms with Gasteiger partial charge in [-0.25, -0.2) is 0 Å². The molecule has 0 aromatic heterocycles. The van der Waals surface area contributed by atoms with E-state index < -0.39 is 24.8 Å². The lowest BCUT2D eigenvalue weighted by Crippen LogP contribution is -2.34. The van der Waals surface area contributed by atoms with Crippen LogP contribution in [0.2, 0.25) is 0 Å². The fourth-order valence-corrected chi connectivity index (χ4v) is 1.13. The first-order valence-electron chi connectivity index (χ1n) is 7.30. The molecule has 1 aromatic rings. The van der Waals surface area contributed by atoms with Gasteiger partial charge < -0.3 is 0 Å². The molecule has 0 N–H and O–H groups in total. The van der Waals surface area contributed by atoms with E-state index in [2.05, 4.69) is 0 Å². The van der Waals surface area contributed by atoms with Crippen molar-refractivity contribution in [2.45, 2.75) is 40.2 Å².